The van der Waals surface area contributed by atoms with Gasteiger partial charge in [0.15, 0.2) is 0 Å². The summed E-state index contributed by atoms with van der Waals surface area (Å²) in [6.45, 7) is 12.6. The molecule has 0 unspecified atom stereocenters. The fourth-order valence-electron chi connectivity index (χ4n) is 5.66. The van der Waals surface area contributed by atoms with Crippen molar-refractivity contribution >= 4 is 41.1 Å². The van der Waals surface area contributed by atoms with E-state index in [2.05, 4.69) is 127 Å². The second kappa shape index (κ2) is 13.6. The van der Waals surface area contributed by atoms with Gasteiger partial charge in [0.2, 0.25) is 0 Å². The average molecular weight is 580 g/mol. The van der Waals surface area contributed by atoms with Crippen molar-refractivity contribution in [3.8, 4) is 22.3 Å². The van der Waals surface area contributed by atoms with Gasteiger partial charge in [0, 0.05) is 29.1 Å². The minimum absolute atomic E-state index is 0.453. The summed E-state index contributed by atoms with van der Waals surface area (Å²) in [4.78, 5) is 14.0. The molecule has 45 heavy (non-hydrogen) atoms. The molecule has 0 amide bonds. The molecule has 0 saturated carbocycles. The van der Waals surface area contributed by atoms with Crippen molar-refractivity contribution in [3.63, 3.8) is 0 Å². The van der Waals surface area contributed by atoms with Crippen LogP contribution in [0.3, 0.4) is 0 Å². The van der Waals surface area contributed by atoms with Crippen molar-refractivity contribution in [1.82, 2.24) is 4.98 Å². The summed E-state index contributed by atoms with van der Waals surface area (Å²) in [6.07, 6.45) is 9.49. The number of hydrogen-bond donors (Lipinski definition) is 0. The fourth-order valence-corrected chi connectivity index (χ4v) is 5.66. The molecule has 3 nitrogen and oxygen atoms in total. The molecule has 0 fully saturated rings. The largest absolute Gasteiger partial charge is 0.280 e. The Morgan fingerprint density at radius 3 is 2.04 bits per heavy atom. The number of nitrogens with zero attached hydrogens (tertiary/aromatic N) is 3. The molecule has 6 rings (SSSR count). The maximum absolute atomic E-state index is 5.24. The first-order valence-electron chi connectivity index (χ1n) is 14.9. The van der Waals surface area contributed by atoms with E-state index in [-0.39, 0.29) is 0 Å². The van der Waals surface area contributed by atoms with E-state index < -0.39 is 0 Å². The first kappa shape index (κ1) is 29.2. The molecule has 216 valence electrons. The number of hydrogen-bond acceptors (Lipinski definition) is 3. The van der Waals surface area contributed by atoms with Crippen LogP contribution in [0.15, 0.2) is 163 Å². The average Bonchev–Trinajstić information content (AvgIpc) is 3.12. The van der Waals surface area contributed by atoms with Crippen LogP contribution in [0.4, 0.5) is 0 Å². The third kappa shape index (κ3) is 6.39. The van der Waals surface area contributed by atoms with Crippen LogP contribution in [-0.2, 0) is 6.54 Å². The highest BCUT2D eigenvalue weighted by molar-refractivity contribution is 6.13. The summed E-state index contributed by atoms with van der Waals surface area (Å²) in [5, 5.41) is 2.30. The second-order valence-corrected chi connectivity index (χ2v) is 10.7. The predicted molar refractivity (Wildman–Crippen MR) is 193 cm³/mol. The third-order valence-corrected chi connectivity index (χ3v) is 7.91. The van der Waals surface area contributed by atoms with Gasteiger partial charge in [0.05, 0.1) is 18.0 Å². The van der Waals surface area contributed by atoms with Gasteiger partial charge in [0.25, 0.3) is 0 Å². The van der Waals surface area contributed by atoms with Crippen molar-refractivity contribution in [1.29, 1.82) is 0 Å². The zero-order valence-electron chi connectivity index (χ0n) is 25.1. The van der Waals surface area contributed by atoms with Gasteiger partial charge in [-0.3, -0.25) is 15.0 Å². The predicted octanol–water partition coefficient (Wildman–Crippen LogP) is 10.6. The van der Waals surface area contributed by atoms with E-state index >= 15 is 0 Å². The Hall–Kier alpha value is -5.93. The highest BCUT2D eigenvalue weighted by Crippen LogP contribution is 2.30. The van der Waals surface area contributed by atoms with Crippen LogP contribution in [0.2, 0.25) is 0 Å². The van der Waals surface area contributed by atoms with Crippen LogP contribution in [-0.4, -0.2) is 17.4 Å². The number of fused-ring (bicyclic) bond motifs is 1. The third-order valence-electron chi connectivity index (χ3n) is 7.91. The van der Waals surface area contributed by atoms with Gasteiger partial charge in [-0.05, 0) is 81.2 Å². The first-order valence-corrected chi connectivity index (χ1v) is 14.9. The number of aliphatic imine (C=N–C) groups is 2. The lowest BCUT2D eigenvalue weighted by Crippen LogP contribution is -2.02. The highest BCUT2D eigenvalue weighted by Gasteiger charge is 2.12. The topological polar surface area (TPSA) is 37.6 Å². The number of pyridine rings is 1. The minimum atomic E-state index is 0.453. The zero-order valence-corrected chi connectivity index (χ0v) is 25.1. The van der Waals surface area contributed by atoms with Gasteiger partial charge >= 0.3 is 0 Å². The van der Waals surface area contributed by atoms with Crippen molar-refractivity contribution in [3.05, 3.63) is 181 Å². The molecule has 0 N–H and O–H groups in total. The van der Waals surface area contributed by atoms with Crippen molar-refractivity contribution < 1.29 is 0 Å². The van der Waals surface area contributed by atoms with E-state index in [1.807, 2.05) is 48.7 Å². The lowest BCUT2D eigenvalue weighted by Gasteiger charge is -2.13. The number of aromatic nitrogens is 1. The quantitative estimate of drug-likeness (QED) is 0.149. The van der Waals surface area contributed by atoms with Gasteiger partial charge in [-0.15, -0.1) is 0 Å². The molecule has 0 bridgehead atoms. The van der Waals surface area contributed by atoms with Gasteiger partial charge < -0.3 is 0 Å². The summed E-state index contributed by atoms with van der Waals surface area (Å²) in [7, 11) is 0. The number of rotatable bonds is 10. The number of allylic oxidation sites excluding steroid dienone is 1. The van der Waals surface area contributed by atoms with Gasteiger partial charge in [-0.25, -0.2) is 0 Å². The molecule has 6 aromatic rings. The Kier molecular flexibility index (Phi) is 8.80. The molecule has 0 aliphatic heterocycles. The van der Waals surface area contributed by atoms with Gasteiger partial charge in [0.1, 0.15) is 0 Å². The van der Waals surface area contributed by atoms with Crippen LogP contribution in [0.25, 0.3) is 50.9 Å². The van der Waals surface area contributed by atoms with Crippen LogP contribution in [0, 0.1) is 0 Å². The van der Waals surface area contributed by atoms with Crippen LogP contribution >= 0.6 is 0 Å². The van der Waals surface area contributed by atoms with E-state index in [1.54, 1.807) is 6.20 Å². The SMILES string of the molecule is C=Cc1c(C/N=C(\C=C(/N=C)c2cccc(-c3cccnc3)c2)c2cccc(-c3ccccc3)c2)cc2ccccc2c1C=C. The molecule has 3 heteroatoms. The molecular formula is C42H33N3. The van der Waals surface area contributed by atoms with Crippen LogP contribution < -0.4 is 0 Å². The van der Waals surface area contributed by atoms with Crippen LogP contribution in [0.5, 0.6) is 0 Å². The van der Waals surface area contributed by atoms with E-state index in [0.29, 0.717) is 6.54 Å². The molecule has 1 aromatic heterocycles. The molecule has 5 aromatic carbocycles. The van der Waals surface area contributed by atoms with Crippen molar-refractivity contribution in [2.75, 3.05) is 0 Å². The lowest BCUT2D eigenvalue weighted by atomic mass is 9.93. The maximum atomic E-state index is 5.24. The van der Waals surface area contributed by atoms with E-state index in [0.717, 1.165) is 72.3 Å². The highest BCUT2D eigenvalue weighted by atomic mass is 14.8. The zero-order chi connectivity index (χ0) is 31.0. The number of benzene rings is 5. The Morgan fingerprint density at radius 2 is 1.31 bits per heavy atom. The van der Waals surface area contributed by atoms with Crippen molar-refractivity contribution in [2.24, 2.45) is 9.98 Å². The summed E-state index contributed by atoms with van der Waals surface area (Å²) < 4.78 is 0. The first-order chi connectivity index (χ1) is 22.2. The molecule has 0 spiro atoms. The van der Waals surface area contributed by atoms with Gasteiger partial charge in [-0.1, -0.05) is 122 Å². The van der Waals surface area contributed by atoms with E-state index in [4.69, 9.17) is 4.99 Å². The molecular weight excluding hydrogens is 546 g/mol. The Labute approximate surface area is 265 Å². The Bertz CT molecular complexity index is 2070. The fraction of sp³-hybridized carbons (Fsp3) is 0.0238. The lowest BCUT2D eigenvalue weighted by molar-refractivity contribution is 1.07. The molecule has 0 aliphatic carbocycles. The Balaban J connectivity index is 1.49. The maximum Gasteiger partial charge on any atom is 0.0716 e. The molecule has 1 heterocycles. The van der Waals surface area contributed by atoms with Gasteiger partial charge in [-0.2, -0.15) is 0 Å². The van der Waals surface area contributed by atoms with Crippen molar-refractivity contribution in [2.45, 2.75) is 6.54 Å². The summed E-state index contributed by atoms with van der Waals surface area (Å²) in [6, 6.07) is 41.7. The summed E-state index contributed by atoms with van der Waals surface area (Å²) in [5.74, 6) is 0. The van der Waals surface area contributed by atoms with Crippen LogP contribution in [0.1, 0.15) is 27.8 Å². The standard InChI is InChI=1S/C42H33N3/c1-4-38-37(26-33-16-9-10-22-40(33)39(38)5-2)29-45-42(35-20-11-17-31(24-35)30-14-7-6-8-15-30)27-41(43-3)34-19-12-18-32(25-34)36-21-13-23-44-28-36/h4-28H,1-3,29H2/b41-27-,45-42+. The molecule has 0 radical (unpaired) electrons. The van der Waals surface area contributed by atoms with E-state index in [1.165, 1.54) is 0 Å². The second-order valence-electron chi connectivity index (χ2n) is 10.7. The molecule has 0 saturated heterocycles. The van der Waals surface area contributed by atoms with E-state index in [9.17, 15) is 0 Å². The summed E-state index contributed by atoms with van der Waals surface area (Å²) >= 11 is 0. The minimum Gasteiger partial charge on any atom is -0.280 e. The molecule has 0 atom stereocenters. The monoisotopic (exact) mass is 579 g/mol. The normalized spacial score (nSPS) is 11.7. The molecule has 0 aliphatic rings. The Morgan fingerprint density at radius 1 is 0.644 bits per heavy atom. The smallest absolute Gasteiger partial charge is 0.0716 e. The summed E-state index contributed by atoms with van der Waals surface area (Å²) in [5.41, 5.74) is 11.0.